The van der Waals surface area contributed by atoms with Crippen LogP contribution in [0.15, 0.2) is 48.0 Å². The maximum absolute atomic E-state index is 6.06. The molecular weight excluding hydrogens is 288 g/mol. The molecule has 0 atom stereocenters. The van der Waals surface area contributed by atoms with Gasteiger partial charge in [-0.3, -0.25) is 0 Å². The van der Waals surface area contributed by atoms with Crippen LogP contribution in [0.3, 0.4) is 0 Å². The van der Waals surface area contributed by atoms with E-state index in [0.29, 0.717) is 0 Å². The summed E-state index contributed by atoms with van der Waals surface area (Å²) in [5.74, 6) is 0. The molecule has 2 heterocycles. The molecule has 1 N–H and O–H groups in total. The van der Waals surface area contributed by atoms with Gasteiger partial charge in [0, 0.05) is 41.2 Å². The van der Waals surface area contributed by atoms with Gasteiger partial charge in [-0.2, -0.15) is 0 Å². The van der Waals surface area contributed by atoms with Crippen LogP contribution < -0.4 is 5.32 Å². The first-order valence-corrected chi connectivity index (χ1v) is 8.06. The molecule has 0 unspecified atom stereocenters. The SMILES string of the molecule is Clc1ccc2ccn(CCNCCc3cccs3)c2c1. The molecule has 0 spiro atoms. The summed E-state index contributed by atoms with van der Waals surface area (Å²) in [6.45, 7) is 2.97. The molecule has 0 amide bonds. The summed E-state index contributed by atoms with van der Waals surface area (Å²) in [6, 6.07) is 12.5. The van der Waals surface area contributed by atoms with E-state index in [9.17, 15) is 0 Å². The summed E-state index contributed by atoms with van der Waals surface area (Å²) in [5.41, 5.74) is 1.21. The van der Waals surface area contributed by atoms with E-state index in [0.717, 1.165) is 31.1 Å². The predicted molar refractivity (Wildman–Crippen MR) is 87.8 cm³/mol. The van der Waals surface area contributed by atoms with E-state index in [4.69, 9.17) is 11.6 Å². The second-order valence-electron chi connectivity index (χ2n) is 4.79. The molecule has 104 valence electrons. The molecule has 20 heavy (non-hydrogen) atoms. The lowest BCUT2D eigenvalue weighted by atomic mass is 10.2. The van der Waals surface area contributed by atoms with Crippen molar-refractivity contribution in [3.63, 3.8) is 0 Å². The number of nitrogens with zero attached hydrogens (tertiary/aromatic N) is 1. The third-order valence-corrected chi connectivity index (χ3v) is 4.56. The molecule has 2 aromatic heterocycles. The fraction of sp³-hybridized carbons (Fsp3) is 0.250. The van der Waals surface area contributed by atoms with Crippen LogP contribution in [0.5, 0.6) is 0 Å². The Kier molecular flexibility index (Phi) is 4.41. The Morgan fingerprint density at radius 3 is 2.95 bits per heavy atom. The topological polar surface area (TPSA) is 17.0 Å². The Morgan fingerprint density at radius 1 is 1.15 bits per heavy atom. The van der Waals surface area contributed by atoms with Crippen molar-refractivity contribution < 1.29 is 0 Å². The summed E-state index contributed by atoms with van der Waals surface area (Å²) in [6.07, 6.45) is 3.23. The summed E-state index contributed by atoms with van der Waals surface area (Å²) in [5, 5.41) is 7.66. The van der Waals surface area contributed by atoms with Crippen LogP contribution in [0.1, 0.15) is 4.88 Å². The third-order valence-electron chi connectivity index (χ3n) is 3.39. The second kappa shape index (κ2) is 6.44. The monoisotopic (exact) mass is 304 g/mol. The zero-order chi connectivity index (χ0) is 13.8. The Balaban J connectivity index is 1.51. The molecule has 0 bridgehead atoms. The number of rotatable bonds is 6. The molecule has 0 saturated carbocycles. The quantitative estimate of drug-likeness (QED) is 0.676. The highest BCUT2D eigenvalue weighted by molar-refractivity contribution is 7.09. The normalized spacial score (nSPS) is 11.2. The molecule has 0 aliphatic rings. The number of benzene rings is 1. The number of hydrogen-bond donors (Lipinski definition) is 1. The Bertz CT molecular complexity index is 673. The maximum Gasteiger partial charge on any atom is 0.0495 e. The molecule has 1 aromatic carbocycles. The number of nitrogens with one attached hydrogen (secondary N) is 1. The number of fused-ring (bicyclic) bond motifs is 1. The number of thiophene rings is 1. The van der Waals surface area contributed by atoms with E-state index < -0.39 is 0 Å². The molecule has 2 nitrogen and oxygen atoms in total. The zero-order valence-corrected chi connectivity index (χ0v) is 12.8. The van der Waals surface area contributed by atoms with Crippen LogP contribution in [0, 0.1) is 0 Å². The minimum atomic E-state index is 0.795. The Hall–Kier alpha value is -1.29. The van der Waals surface area contributed by atoms with E-state index in [2.05, 4.69) is 45.7 Å². The van der Waals surface area contributed by atoms with Gasteiger partial charge in [0.05, 0.1) is 0 Å². The van der Waals surface area contributed by atoms with E-state index >= 15 is 0 Å². The van der Waals surface area contributed by atoms with E-state index in [1.54, 1.807) is 0 Å². The van der Waals surface area contributed by atoms with Crippen LogP contribution >= 0.6 is 22.9 Å². The number of hydrogen-bond acceptors (Lipinski definition) is 2. The van der Waals surface area contributed by atoms with E-state index in [1.807, 2.05) is 23.5 Å². The van der Waals surface area contributed by atoms with Gasteiger partial charge in [0.1, 0.15) is 0 Å². The van der Waals surface area contributed by atoms with Gasteiger partial charge in [-0.1, -0.05) is 23.7 Å². The minimum absolute atomic E-state index is 0.795. The van der Waals surface area contributed by atoms with Gasteiger partial charge in [0.2, 0.25) is 0 Å². The second-order valence-corrected chi connectivity index (χ2v) is 6.26. The van der Waals surface area contributed by atoms with Gasteiger partial charge in [-0.05, 0) is 41.5 Å². The van der Waals surface area contributed by atoms with Crippen molar-refractivity contribution in [2.45, 2.75) is 13.0 Å². The summed E-state index contributed by atoms with van der Waals surface area (Å²) >= 11 is 7.88. The Morgan fingerprint density at radius 2 is 2.10 bits per heavy atom. The molecule has 4 heteroatoms. The van der Waals surface area contributed by atoms with Crippen molar-refractivity contribution in [3.05, 3.63) is 57.9 Å². The first kappa shape index (κ1) is 13.7. The molecule has 3 rings (SSSR count). The maximum atomic E-state index is 6.06. The average molecular weight is 305 g/mol. The first-order chi connectivity index (χ1) is 9.83. The van der Waals surface area contributed by atoms with Gasteiger partial charge in [-0.15, -0.1) is 11.3 Å². The Labute approximate surface area is 128 Å². The smallest absolute Gasteiger partial charge is 0.0495 e. The minimum Gasteiger partial charge on any atom is -0.346 e. The van der Waals surface area contributed by atoms with E-state index in [1.165, 1.54) is 15.8 Å². The fourth-order valence-corrected chi connectivity index (χ4v) is 3.22. The molecule has 0 radical (unpaired) electrons. The van der Waals surface area contributed by atoms with Crippen molar-refractivity contribution in [3.8, 4) is 0 Å². The number of aromatic nitrogens is 1. The van der Waals surface area contributed by atoms with E-state index in [-0.39, 0.29) is 0 Å². The van der Waals surface area contributed by atoms with Crippen molar-refractivity contribution >= 4 is 33.8 Å². The summed E-state index contributed by atoms with van der Waals surface area (Å²) in [7, 11) is 0. The summed E-state index contributed by atoms with van der Waals surface area (Å²) in [4.78, 5) is 1.44. The van der Waals surface area contributed by atoms with Crippen LogP contribution in [-0.4, -0.2) is 17.7 Å². The van der Waals surface area contributed by atoms with Gasteiger partial charge in [0.25, 0.3) is 0 Å². The largest absolute Gasteiger partial charge is 0.346 e. The van der Waals surface area contributed by atoms with Gasteiger partial charge in [-0.25, -0.2) is 0 Å². The molecule has 0 fully saturated rings. The molecular formula is C16H17ClN2S. The molecule has 0 saturated heterocycles. The number of halogens is 1. The van der Waals surface area contributed by atoms with Crippen molar-refractivity contribution in [2.75, 3.05) is 13.1 Å². The van der Waals surface area contributed by atoms with Crippen LogP contribution in [0.4, 0.5) is 0 Å². The van der Waals surface area contributed by atoms with Gasteiger partial charge < -0.3 is 9.88 Å². The van der Waals surface area contributed by atoms with Crippen molar-refractivity contribution in [1.82, 2.24) is 9.88 Å². The average Bonchev–Trinajstić information content (AvgIpc) is 3.08. The first-order valence-electron chi connectivity index (χ1n) is 6.80. The lowest BCUT2D eigenvalue weighted by Gasteiger charge is -2.07. The highest BCUT2D eigenvalue weighted by Gasteiger charge is 2.01. The highest BCUT2D eigenvalue weighted by Crippen LogP contribution is 2.20. The van der Waals surface area contributed by atoms with Gasteiger partial charge >= 0.3 is 0 Å². The predicted octanol–water partition coefficient (Wildman–Crippen LogP) is 4.19. The lowest BCUT2D eigenvalue weighted by Crippen LogP contribution is -2.21. The van der Waals surface area contributed by atoms with Crippen LogP contribution in [0.25, 0.3) is 10.9 Å². The van der Waals surface area contributed by atoms with Gasteiger partial charge in [0.15, 0.2) is 0 Å². The van der Waals surface area contributed by atoms with Crippen molar-refractivity contribution in [1.29, 1.82) is 0 Å². The summed E-state index contributed by atoms with van der Waals surface area (Å²) < 4.78 is 2.25. The zero-order valence-electron chi connectivity index (χ0n) is 11.2. The van der Waals surface area contributed by atoms with Crippen molar-refractivity contribution in [2.24, 2.45) is 0 Å². The molecule has 0 aliphatic carbocycles. The highest BCUT2D eigenvalue weighted by atomic mass is 35.5. The lowest BCUT2D eigenvalue weighted by molar-refractivity contribution is 0.611. The standard InChI is InChI=1S/C16H17ClN2S/c17-14-4-3-13-6-9-19(16(13)12-14)10-8-18-7-5-15-2-1-11-20-15/h1-4,6,9,11-12,18H,5,7-8,10H2. The molecule has 0 aliphatic heterocycles. The van der Waals surface area contributed by atoms with Crippen LogP contribution in [-0.2, 0) is 13.0 Å². The van der Waals surface area contributed by atoms with Crippen LogP contribution in [0.2, 0.25) is 5.02 Å². The fourth-order valence-electron chi connectivity index (χ4n) is 2.34. The molecule has 3 aromatic rings. The third kappa shape index (κ3) is 3.23.